The maximum Gasteiger partial charge on any atom is 0.0625 e. The molecule has 0 bridgehead atoms. The molecule has 1 aliphatic heterocycles. The van der Waals surface area contributed by atoms with Crippen LogP contribution in [-0.4, -0.2) is 24.5 Å². The van der Waals surface area contributed by atoms with Crippen molar-refractivity contribution in [2.75, 3.05) is 19.6 Å². The van der Waals surface area contributed by atoms with Gasteiger partial charge in [0.25, 0.3) is 0 Å². The SMILES string of the molecule is CC(C)CN1CC(CC#N)C1. The van der Waals surface area contributed by atoms with E-state index in [2.05, 4.69) is 24.8 Å². The molecule has 62 valence electrons. The van der Waals surface area contributed by atoms with Gasteiger partial charge in [0.2, 0.25) is 0 Å². The Morgan fingerprint density at radius 2 is 2.18 bits per heavy atom. The number of nitrogens with zero attached hydrogens (tertiary/aromatic N) is 2. The van der Waals surface area contributed by atoms with Gasteiger partial charge in [-0.3, -0.25) is 0 Å². The van der Waals surface area contributed by atoms with Crippen LogP contribution in [0.25, 0.3) is 0 Å². The van der Waals surface area contributed by atoms with E-state index >= 15 is 0 Å². The van der Waals surface area contributed by atoms with E-state index in [0.29, 0.717) is 5.92 Å². The van der Waals surface area contributed by atoms with Gasteiger partial charge in [0.05, 0.1) is 6.07 Å². The lowest BCUT2D eigenvalue weighted by atomic mass is 9.96. The van der Waals surface area contributed by atoms with Crippen molar-refractivity contribution in [2.45, 2.75) is 20.3 Å². The summed E-state index contributed by atoms with van der Waals surface area (Å²) in [5.74, 6) is 1.43. The molecule has 1 fully saturated rings. The number of hydrogen-bond acceptors (Lipinski definition) is 2. The summed E-state index contributed by atoms with van der Waals surface area (Å²) >= 11 is 0. The van der Waals surface area contributed by atoms with Crippen molar-refractivity contribution in [1.82, 2.24) is 4.90 Å². The van der Waals surface area contributed by atoms with Gasteiger partial charge in [0.1, 0.15) is 0 Å². The van der Waals surface area contributed by atoms with Gasteiger partial charge >= 0.3 is 0 Å². The van der Waals surface area contributed by atoms with Crippen LogP contribution in [0, 0.1) is 23.2 Å². The van der Waals surface area contributed by atoms with E-state index in [1.54, 1.807) is 0 Å². The molecule has 11 heavy (non-hydrogen) atoms. The molecule has 1 saturated heterocycles. The Labute approximate surface area is 68.8 Å². The summed E-state index contributed by atoms with van der Waals surface area (Å²) in [6.45, 7) is 7.95. The van der Waals surface area contributed by atoms with Crippen molar-refractivity contribution in [1.29, 1.82) is 5.26 Å². The second-order valence-electron chi connectivity index (χ2n) is 3.84. The van der Waals surface area contributed by atoms with Gasteiger partial charge in [-0.05, 0) is 11.8 Å². The normalized spacial score (nSPS) is 19.8. The fraction of sp³-hybridized carbons (Fsp3) is 0.889. The standard InChI is InChI=1S/C9H16N2/c1-8(2)5-11-6-9(7-11)3-4-10/h8-9H,3,5-7H2,1-2H3. The monoisotopic (exact) mass is 152 g/mol. The zero-order chi connectivity index (χ0) is 8.27. The number of hydrogen-bond donors (Lipinski definition) is 0. The molecule has 0 aromatic rings. The van der Waals surface area contributed by atoms with Gasteiger partial charge in [0.15, 0.2) is 0 Å². The second kappa shape index (κ2) is 3.73. The molecule has 0 unspecified atom stereocenters. The van der Waals surface area contributed by atoms with Crippen LogP contribution in [0.2, 0.25) is 0 Å². The molecule has 0 radical (unpaired) electrons. The van der Waals surface area contributed by atoms with Crippen molar-refractivity contribution < 1.29 is 0 Å². The molecular weight excluding hydrogens is 136 g/mol. The molecule has 0 saturated carbocycles. The molecule has 0 amide bonds. The molecule has 0 aromatic heterocycles. The summed E-state index contributed by atoms with van der Waals surface area (Å²) in [5.41, 5.74) is 0. The summed E-state index contributed by atoms with van der Waals surface area (Å²) in [4.78, 5) is 2.42. The van der Waals surface area contributed by atoms with Crippen LogP contribution < -0.4 is 0 Å². The van der Waals surface area contributed by atoms with E-state index in [0.717, 1.165) is 25.4 Å². The summed E-state index contributed by atoms with van der Waals surface area (Å²) in [6.07, 6.45) is 0.745. The smallest absolute Gasteiger partial charge is 0.0625 e. The van der Waals surface area contributed by atoms with Crippen molar-refractivity contribution in [3.63, 3.8) is 0 Å². The Hall–Kier alpha value is -0.550. The van der Waals surface area contributed by atoms with E-state index < -0.39 is 0 Å². The Morgan fingerprint density at radius 1 is 1.55 bits per heavy atom. The predicted octanol–water partition coefficient (Wildman–Crippen LogP) is 1.49. The Balaban J connectivity index is 2.06. The summed E-state index contributed by atoms with van der Waals surface area (Å²) < 4.78 is 0. The molecule has 1 rings (SSSR count). The van der Waals surface area contributed by atoms with E-state index in [1.165, 1.54) is 6.54 Å². The highest BCUT2D eigenvalue weighted by molar-refractivity contribution is 4.87. The summed E-state index contributed by atoms with van der Waals surface area (Å²) in [5, 5.41) is 8.40. The van der Waals surface area contributed by atoms with Crippen molar-refractivity contribution in [2.24, 2.45) is 11.8 Å². The molecule has 2 heteroatoms. The lowest BCUT2D eigenvalue weighted by Gasteiger charge is -2.39. The Morgan fingerprint density at radius 3 is 2.64 bits per heavy atom. The maximum atomic E-state index is 8.40. The largest absolute Gasteiger partial charge is 0.302 e. The topological polar surface area (TPSA) is 27.0 Å². The zero-order valence-corrected chi connectivity index (χ0v) is 7.38. The average Bonchev–Trinajstić information content (AvgIpc) is 1.82. The first kappa shape index (κ1) is 8.55. The molecule has 1 heterocycles. The van der Waals surface area contributed by atoms with Crippen LogP contribution >= 0.6 is 0 Å². The zero-order valence-electron chi connectivity index (χ0n) is 7.38. The third-order valence-corrected chi connectivity index (χ3v) is 2.04. The molecule has 1 aliphatic rings. The minimum atomic E-state index is 0.666. The minimum absolute atomic E-state index is 0.666. The lowest BCUT2D eigenvalue weighted by molar-refractivity contribution is 0.0900. The molecule has 0 spiro atoms. The number of rotatable bonds is 3. The van der Waals surface area contributed by atoms with Gasteiger partial charge < -0.3 is 4.90 Å². The molecule has 0 atom stereocenters. The van der Waals surface area contributed by atoms with Gasteiger partial charge in [-0.1, -0.05) is 13.8 Å². The molecule has 0 aromatic carbocycles. The van der Waals surface area contributed by atoms with Crippen LogP contribution in [0.5, 0.6) is 0 Å². The van der Waals surface area contributed by atoms with Gasteiger partial charge in [-0.15, -0.1) is 0 Å². The number of likely N-dealkylation sites (tertiary alicyclic amines) is 1. The minimum Gasteiger partial charge on any atom is -0.302 e. The van der Waals surface area contributed by atoms with Crippen LogP contribution in [-0.2, 0) is 0 Å². The lowest BCUT2D eigenvalue weighted by Crippen LogP contribution is -2.47. The third-order valence-electron chi connectivity index (χ3n) is 2.04. The van der Waals surface area contributed by atoms with Gasteiger partial charge in [-0.25, -0.2) is 0 Å². The quantitative estimate of drug-likeness (QED) is 0.612. The van der Waals surface area contributed by atoms with Gasteiger partial charge in [-0.2, -0.15) is 5.26 Å². The summed E-state index contributed by atoms with van der Waals surface area (Å²) in [7, 11) is 0. The van der Waals surface area contributed by atoms with E-state index in [1.807, 2.05) is 0 Å². The van der Waals surface area contributed by atoms with E-state index in [9.17, 15) is 0 Å². The Bertz CT molecular complexity index is 151. The van der Waals surface area contributed by atoms with E-state index in [-0.39, 0.29) is 0 Å². The van der Waals surface area contributed by atoms with E-state index in [4.69, 9.17) is 5.26 Å². The maximum absolute atomic E-state index is 8.40. The highest BCUT2D eigenvalue weighted by Crippen LogP contribution is 2.19. The second-order valence-corrected chi connectivity index (χ2v) is 3.84. The molecule has 0 aliphatic carbocycles. The number of nitriles is 1. The molecule has 0 N–H and O–H groups in total. The first-order chi connectivity index (χ1) is 5.22. The highest BCUT2D eigenvalue weighted by Gasteiger charge is 2.25. The highest BCUT2D eigenvalue weighted by atomic mass is 15.2. The average molecular weight is 152 g/mol. The fourth-order valence-electron chi connectivity index (χ4n) is 1.60. The first-order valence-electron chi connectivity index (χ1n) is 4.31. The van der Waals surface area contributed by atoms with Crippen LogP contribution in [0.15, 0.2) is 0 Å². The summed E-state index contributed by atoms with van der Waals surface area (Å²) in [6, 6.07) is 2.22. The van der Waals surface area contributed by atoms with Gasteiger partial charge in [0, 0.05) is 26.1 Å². The Kier molecular flexibility index (Phi) is 2.90. The third kappa shape index (κ3) is 2.51. The molecular formula is C9H16N2. The van der Waals surface area contributed by atoms with Crippen LogP contribution in [0.4, 0.5) is 0 Å². The predicted molar refractivity (Wildman–Crippen MR) is 45.0 cm³/mol. The first-order valence-corrected chi connectivity index (χ1v) is 4.31. The van der Waals surface area contributed by atoms with Crippen molar-refractivity contribution in [3.8, 4) is 6.07 Å². The van der Waals surface area contributed by atoms with Crippen molar-refractivity contribution in [3.05, 3.63) is 0 Å². The van der Waals surface area contributed by atoms with Crippen LogP contribution in [0.3, 0.4) is 0 Å². The molecule has 2 nitrogen and oxygen atoms in total. The van der Waals surface area contributed by atoms with Crippen LogP contribution in [0.1, 0.15) is 20.3 Å². The van der Waals surface area contributed by atoms with Crippen molar-refractivity contribution >= 4 is 0 Å². The fourth-order valence-corrected chi connectivity index (χ4v) is 1.60.